The number of carbonyl (C=O) groups excluding carboxylic acids is 1. The van der Waals surface area contributed by atoms with Crippen LogP contribution in [0.25, 0.3) is 0 Å². The molecule has 0 aliphatic carbocycles. The molecule has 0 aromatic carbocycles. The largest absolute Gasteiger partial charge is 0.457 e. The van der Waals surface area contributed by atoms with Crippen LogP contribution in [0.2, 0.25) is 0 Å². The maximum Gasteiger partial charge on any atom is 0.397 e. The first-order valence-corrected chi connectivity index (χ1v) is 22.2. The fraction of sp³-hybridized carbons (Fsp3) is 0.659. The van der Waals surface area contributed by atoms with Gasteiger partial charge >= 0.3 is 16.4 Å². The second-order valence-corrected chi connectivity index (χ2v) is 14.9. The summed E-state index contributed by atoms with van der Waals surface area (Å²) in [5, 5.41) is 30.6. The van der Waals surface area contributed by atoms with E-state index in [1.165, 1.54) is 19.3 Å². The third kappa shape index (κ3) is 29.2. The van der Waals surface area contributed by atoms with Crippen molar-refractivity contribution in [3.05, 3.63) is 85.1 Å². The van der Waals surface area contributed by atoms with Crippen LogP contribution in [0.1, 0.15) is 123 Å². The molecule has 1 saturated heterocycles. The number of unbranched alkanes of at least 4 members (excludes halogenated alkanes) is 7. The van der Waals surface area contributed by atoms with Crippen LogP contribution in [0, 0.1) is 0 Å². The van der Waals surface area contributed by atoms with E-state index in [0.717, 1.165) is 77.0 Å². The highest BCUT2D eigenvalue weighted by Gasteiger charge is 2.48. The molecule has 1 aliphatic rings. The molecule has 326 valence electrons. The summed E-state index contributed by atoms with van der Waals surface area (Å²) in [6.45, 7) is 3.67. The Hall–Kier alpha value is -2.72. The Balaban J connectivity index is 2.53. The third-order valence-corrected chi connectivity index (χ3v) is 9.21. The van der Waals surface area contributed by atoms with Crippen LogP contribution in [-0.4, -0.2) is 97.5 Å². The summed E-state index contributed by atoms with van der Waals surface area (Å²) >= 11 is 0. The van der Waals surface area contributed by atoms with Crippen LogP contribution in [0.5, 0.6) is 0 Å². The molecule has 1 heterocycles. The number of hydrogen-bond donors (Lipinski definition) is 4. The number of hydrogen-bond acceptors (Lipinski definition) is 11. The Kier molecular flexibility index (Phi) is 32.3. The molecule has 12 nitrogen and oxygen atoms in total. The molecule has 0 saturated carbocycles. The van der Waals surface area contributed by atoms with Crippen molar-refractivity contribution >= 4 is 16.4 Å². The number of rotatable bonds is 34. The molecule has 0 amide bonds. The lowest BCUT2D eigenvalue weighted by molar-refractivity contribution is -0.301. The van der Waals surface area contributed by atoms with Crippen LogP contribution >= 0.6 is 0 Å². The topological polar surface area (TPSA) is 178 Å². The average molecular weight is 825 g/mol. The van der Waals surface area contributed by atoms with Gasteiger partial charge in [-0.3, -0.25) is 9.35 Å². The number of carbonyl (C=O) groups is 1. The van der Waals surface area contributed by atoms with Crippen molar-refractivity contribution in [3.63, 3.8) is 0 Å². The Morgan fingerprint density at radius 3 is 1.77 bits per heavy atom. The van der Waals surface area contributed by atoms with Gasteiger partial charge in [0.25, 0.3) is 0 Å². The SMILES string of the molecule is CC/C=C\C/C=C\C/C=C\C/C=C\C/C=C\C/C=C\CCC(=O)OC(COCCCCCCCC/C=C\CCC)COC1OC(CO)C(O)C(OS(=O)(=O)O)C1O. The lowest BCUT2D eigenvalue weighted by atomic mass is 9.99. The van der Waals surface area contributed by atoms with Gasteiger partial charge in [-0.1, -0.05) is 131 Å². The predicted molar refractivity (Wildman–Crippen MR) is 225 cm³/mol. The van der Waals surface area contributed by atoms with E-state index in [2.05, 4.69) is 90.9 Å². The van der Waals surface area contributed by atoms with E-state index in [1.807, 2.05) is 12.2 Å². The highest BCUT2D eigenvalue weighted by Crippen LogP contribution is 2.26. The first kappa shape index (κ1) is 52.3. The maximum absolute atomic E-state index is 12.8. The molecule has 57 heavy (non-hydrogen) atoms. The maximum atomic E-state index is 12.8. The van der Waals surface area contributed by atoms with Crippen molar-refractivity contribution in [1.29, 1.82) is 0 Å². The molecule has 1 aliphatic heterocycles. The lowest BCUT2D eigenvalue weighted by Crippen LogP contribution is -2.60. The first-order valence-electron chi connectivity index (χ1n) is 20.8. The molecule has 0 radical (unpaired) electrons. The van der Waals surface area contributed by atoms with Crippen molar-refractivity contribution in [1.82, 2.24) is 0 Å². The van der Waals surface area contributed by atoms with Crippen LogP contribution in [-0.2, 0) is 38.3 Å². The Morgan fingerprint density at radius 2 is 1.21 bits per heavy atom. The number of aliphatic hydroxyl groups excluding tert-OH is 3. The highest BCUT2D eigenvalue weighted by atomic mass is 32.3. The van der Waals surface area contributed by atoms with Crippen LogP contribution in [0.4, 0.5) is 0 Å². The molecule has 0 aromatic rings. The monoisotopic (exact) mass is 824 g/mol. The van der Waals surface area contributed by atoms with Gasteiger partial charge < -0.3 is 34.3 Å². The van der Waals surface area contributed by atoms with E-state index < -0.39 is 59.8 Å². The summed E-state index contributed by atoms with van der Waals surface area (Å²) in [5.41, 5.74) is 0. The zero-order valence-electron chi connectivity index (χ0n) is 34.4. The molecule has 6 unspecified atom stereocenters. The summed E-state index contributed by atoms with van der Waals surface area (Å²) in [4.78, 5) is 12.8. The predicted octanol–water partition coefficient (Wildman–Crippen LogP) is 8.12. The van der Waals surface area contributed by atoms with E-state index >= 15 is 0 Å². The van der Waals surface area contributed by atoms with Crippen LogP contribution < -0.4 is 0 Å². The summed E-state index contributed by atoms with van der Waals surface area (Å²) in [7, 11) is -5.07. The molecule has 1 rings (SSSR count). The fourth-order valence-electron chi connectivity index (χ4n) is 5.64. The van der Waals surface area contributed by atoms with Gasteiger partial charge in [-0.2, -0.15) is 8.42 Å². The van der Waals surface area contributed by atoms with E-state index in [1.54, 1.807) is 0 Å². The Bertz CT molecular complexity index is 1320. The number of aliphatic hydroxyl groups is 3. The number of esters is 1. The summed E-state index contributed by atoms with van der Waals surface area (Å²) < 4.78 is 58.8. The third-order valence-electron chi connectivity index (χ3n) is 8.75. The molecule has 0 spiro atoms. The van der Waals surface area contributed by atoms with Crippen LogP contribution in [0.15, 0.2) is 85.1 Å². The molecular weight excluding hydrogens is 753 g/mol. The second kappa shape index (κ2) is 35.2. The van der Waals surface area contributed by atoms with Gasteiger partial charge in [0.2, 0.25) is 0 Å². The van der Waals surface area contributed by atoms with Crippen molar-refractivity contribution in [2.45, 2.75) is 160 Å². The van der Waals surface area contributed by atoms with Crippen molar-refractivity contribution in [3.8, 4) is 0 Å². The lowest BCUT2D eigenvalue weighted by Gasteiger charge is -2.41. The van der Waals surface area contributed by atoms with E-state index in [-0.39, 0.29) is 19.6 Å². The molecule has 0 bridgehead atoms. The highest BCUT2D eigenvalue weighted by molar-refractivity contribution is 7.80. The molecule has 6 atom stereocenters. The van der Waals surface area contributed by atoms with Gasteiger partial charge in [0.15, 0.2) is 6.29 Å². The first-order chi connectivity index (χ1) is 27.6. The van der Waals surface area contributed by atoms with Gasteiger partial charge in [-0.25, -0.2) is 4.18 Å². The zero-order chi connectivity index (χ0) is 41.8. The zero-order valence-corrected chi connectivity index (χ0v) is 35.2. The minimum absolute atomic E-state index is 0.00440. The van der Waals surface area contributed by atoms with Crippen LogP contribution in [0.3, 0.4) is 0 Å². The normalized spacial score (nSPS) is 21.5. The van der Waals surface area contributed by atoms with E-state index in [9.17, 15) is 28.5 Å². The molecular formula is C44H72O12S. The Morgan fingerprint density at radius 1 is 0.684 bits per heavy atom. The number of ether oxygens (including phenoxy) is 4. The quantitative estimate of drug-likeness (QED) is 0.0212. The fourth-order valence-corrected chi connectivity index (χ4v) is 6.15. The standard InChI is InChI=1S/C44H72O12S/c1-3-5-7-9-11-13-15-16-17-18-19-20-21-22-23-25-27-29-31-33-40(46)54-38(36-52-34-32-30-28-26-24-14-12-10-8-6-4-2)37-53-44-42(48)43(56-57(49,50)51)41(47)39(35-45)55-44/h5,7-8,10-11,13,16-17,19-20,22-23,27,29,38-39,41-45,47-48H,3-4,6,9,12,14-15,18,21,24-26,28,30-37H2,1-2H3,(H,49,50,51)/b7-5-,10-8-,13-11-,17-16-,20-19-,23-22-,29-27-. The van der Waals surface area contributed by atoms with Gasteiger partial charge in [0.05, 0.1) is 19.8 Å². The molecule has 13 heteroatoms. The van der Waals surface area contributed by atoms with Gasteiger partial charge in [0, 0.05) is 13.0 Å². The average Bonchev–Trinajstić information content (AvgIpc) is 3.18. The van der Waals surface area contributed by atoms with E-state index in [0.29, 0.717) is 13.0 Å². The van der Waals surface area contributed by atoms with Gasteiger partial charge in [0.1, 0.15) is 30.5 Å². The van der Waals surface area contributed by atoms with Gasteiger partial charge in [-0.05, 0) is 70.6 Å². The smallest absolute Gasteiger partial charge is 0.397 e. The second-order valence-electron chi connectivity index (χ2n) is 13.8. The molecule has 1 fully saturated rings. The minimum atomic E-state index is -5.07. The van der Waals surface area contributed by atoms with Gasteiger partial charge in [-0.15, -0.1) is 0 Å². The summed E-state index contributed by atoms with van der Waals surface area (Å²) in [5.74, 6) is -0.488. The van der Waals surface area contributed by atoms with Crippen molar-refractivity contribution in [2.75, 3.05) is 26.4 Å². The molecule has 4 N–H and O–H groups in total. The van der Waals surface area contributed by atoms with Crippen molar-refractivity contribution < 1.29 is 56.2 Å². The van der Waals surface area contributed by atoms with Crippen molar-refractivity contribution in [2.24, 2.45) is 0 Å². The minimum Gasteiger partial charge on any atom is -0.457 e. The van der Waals surface area contributed by atoms with E-state index in [4.69, 9.17) is 23.5 Å². The molecule has 0 aromatic heterocycles. The summed E-state index contributed by atoms with van der Waals surface area (Å²) in [6, 6.07) is 0. The summed E-state index contributed by atoms with van der Waals surface area (Å²) in [6.07, 6.45) is 36.4. The number of allylic oxidation sites excluding steroid dienone is 14. The Labute approximate surface area is 343 Å².